The lowest BCUT2D eigenvalue weighted by Gasteiger charge is -2.29. The van der Waals surface area contributed by atoms with Gasteiger partial charge in [-0.2, -0.15) is 0 Å². The SMILES string of the molecule is O=C(NCCNC1CCC(c2ccccc2)CC1)c1cccnc1. The van der Waals surface area contributed by atoms with Crippen LogP contribution < -0.4 is 10.6 Å². The molecule has 24 heavy (non-hydrogen) atoms. The summed E-state index contributed by atoms with van der Waals surface area (Å²) in [6.45, 7) is 1.46. The number of aromatic nitrogens is 1. The molecule has 1 aliphatic carbocycles. The Bertz CT molecular complexity index is 622. The van der Waals surface area contributed by atoms with Gasteiger partial charge in [0.2, 0.25) is 0 Å². The molecule has 0 saturated heterocycles. The molecule has 1 aliphatic rings. The van der Waals surface area contributed by atoms with Crippen LogP contribution in [0, 0.1) is 0 Å². The van der Waals surface area contributed by atoms with E-state index in [1.807, 2.05) is 0 Å². The summed E-state index contributed by atoms with van der Waals surface area (Å²) >= 11 is 0. The maximum absolute atomic E-state index is 11.9. The van der Waals surface area contributed by atoms with Gasteiger partial charge in [0.1, 0.15) is 0 Å². The molecule has 1 aromatic heterocycles. The van der Waals surface area contributed by atoms with E-state index in [0.717, 1.165) is 6.54 Å². The van der Waals surface area contributed by atoms with Gasteiger partial charge in [0.25, 0.3) is 5.91 Å². The smallest absolute Gasteiger partial charge is 0.252 e. The third-order valence-electron chi connectivity index (χ3n) is 4.77. The molecule has 0 aliphatic heterocycles. The maximum Gasteiger partial charge on any atom is 0.252 e. The predicted octanol–water partition coefficient (Wildman–Crippen LogP) is 3.13. The molecule has 4 heteroatoms. The van der Waals surface area contributed by atoms with Crippen molar-refractivity contribution in [3.63, 3.8) is 0 Å². The zero-order valence-corrected chi connectivity index (χ0v) is 13.9. The van der Waals surface area contributed by atoms with Crippen molar-refractivity contribution in [2.24, 2.45) is 0 Å². The van der Waals surface area contributed by atoms with E-state index in [0.29, 0.717) is 24.1 Å². The highest BCUT2D eigenvalue weighted by atomic mass is 16.1. The molecule has 0 atom stereocenters. The average molecular weight is 323 g/mol. The lowest BCUT2D eigenvalue weighted by molar-refractivity contribution is 0.0953. The fourth-order valence-corrected chi connectivity index (χ4v) is 3.41. The monoisotopic (exact) mass is 323 g/mol. The summed E-state index contributed by atoms with van der Waals surface area (Å²) in [5.74, 6) is 0.646. The standard InChI is InChI=1S/C20H25N3O/c24-20(18-7-4-12-21-15-18)23-14-13-22-19-10-8-17(9-11-19)16-5-2-1-3-6-16/h1-7,12,15,17,19,22H,8-11,13-14H2,(H,23,24). The fourth-order valence-electron chi connectivity index (χ4n) is 3.41. The Hall–Kier alpha value is -2.20. The number of carbonyl (C=O) groups is 1. The van der Waals surface area contributed by atoms with Crippen LogP contribution in [-0.4, -0.2) is 30.0 Å². The van der Waals surface area contributed by atoms with E-state index in [9.17, 15) is 4.79 Å². The van der Waals surface area contributed by atoms with E-state index in [-0.39, 0.29) is 5.91 Å². The summed E-state index contributed by atoms with van der Waals surface area (Å²) in [4.78, 5) is 15.9. The van der Waals surface area contributed by atoms with Crippen LogP contribution in [0.5, 0.6) is 0 Å². The largest absolute Gasteiger partial charge is 0.351 e. The number of pyridine rings is 1. The number of nitrogens with zero attached hydrogens (tertiary/aromatic N) is 1. The molecule has 0 unspecified atom stereocenters. The number of hydrogen-bond donors (Lipinski definition) is 2. The third kappa shape index (κ3) is 4.65. The summed E-state index contributed by atoms with van der Waals surface area (Å²) in [6, 6.07) is 14.9. The molecule has 1 amide bonds. The lowest BCUT2D eigenvalue weighted by atomic mass is 9.82. The first kappa shape index (κ1) is 16.7. The topological polar surface area (TPSA) is 54.0 Å². The molecule has 2 aromatic rings. The third-order valence-corrected chi connectivity index (χ3v) is 4.77. The quantitative estimate of drug-likeness (QED) is 0.803. The molecule has 0 spiro atoms. The average Bonchev–Trinajstić information content (AvgIpc) is 2.67. The molecule has 0 bridgehead atoms. The van der Waals surface area contributed by atoms with Crippen molar-refractivity contribution in [2.45, 2.75) is 37.6 Å². The van der Waals surface area contributed by atoms with Gasteiger partial charge in [0.15, 0.2) is 0 Å². The summed E-state index contributed by atoms with van der Waals surface area (Å²) < 4.78 is 0. The number of amides is 1. The second-order valence-corrected chi connectivity index (χ2v) is 6.41. The van der Waals surface area contributed by atoms with Crippen LogP contribution in [0.4, 0.5) is 0 Å². The second kappa shape index (κ2) is 8.60. The van der Waals surface area contributed by atoms with E-state index in [2.05, 4.69) is 45.9 Å². The zero-order chi connectivity index (χ0) is 16.6. The van der Waals surface area contributed by atoms with Crippen molar-refractivity contribution in [1.82, 2.24) is 15.6 Å². The van der Waals surface area contributed by atoms with Crippen LogP contribution in [-0.2, 0) is 0 Å². The summed E-state index contributed by atoms with van der Waals surface area (Å²) in [7, 11) is 0. The first-order valence-electron chi connectivity index (χ1n) is 8.79. The minimum atomic E-state index is -0.0577. The van der Waals surface area contributed by atoms with Crippen molar-refractivity contribution in [2.75, 3.05) is 13.1 Å². The van der Waals surface area contributed by atoms with Crippen LogP contribution in [0.3, 0.4) is 0 Å². The van der Waals surface area contributed by atoms with E-state index < -0.39 is 0 Å². The summed E-state index contributed by atoms with van der Waals surface area (Å²) in [5, 5.41) is 6.50. The Balaban J connectivity index is 1.33. The minimum Gasteiger partial charge on any atom is -0.351 e. The molecular formula is C20H25N3O. The molecule has 1 aromatic carbocycles. The van der Waals surface area contributed by atoms with E-state index >= 15 is 0 Å². The van der Waals surface area contributed by atoms with Crippen molar-refractivity contribution >= 4 is 5.91 Å². The first-order chi connectivity index (χ1) is 11.8. The Morgan fingerprint density at radius 3 is 2.50 bits per heavy atom. The van der Waals surface area contributed by atoms with Gasteiger partial charge in [-0.1, -0.05) is 30.3 Å². The number of carbonyl (C=O) groups excluding carboxylic acids is 1. The fraction of sp³-hybridized carbons (Fsp3) is 0.400. The molecule has 4 nitrogen and oxygen atoms in total. The van der Waals surface area contributed by atoms with Gasteiger partial charge in [0, 0.05) is 31.5 Å². The lowest BCUT2D eigenvalue weighted by Crippen LogP contribution is -2.38. The molecule has 126 valence electrons. The molecule has 1 saturated carbocycles. The molecule has 1 fully saturated rings. The van der Waals surface area contributed by atoms with E-state index in [4.69, 9.17) is 0 Å². The van der Waals surface area contributed by atoms with E-state index in [1.165, 1.54) is 31.2 Å². The van der Waals surface area contributed by atoms with Crippen LogP contribution in [0.25, 0.3) is 0 Å². The van der Waals surface area contributed by atoms with Gasteiger partial charge in [-0.05, 0) is 49.3 Å². The number of nitrogens with one attached hydrogen (secondary N) is 2. The van der Waals surface area contributed by atoms with Crippen LogP contribution in [0.1, 0.15) is 47.5 Å². The molecule has 3 rings (SSSR count). The number of rotatable bonds is 6. The van der Waals surface area contributed by atoms with Crippen molar-refractivity contribution in [1.29, 1.82) is 0 Å². The molecule has 0 radical (unpaired) electrons. The van der Waals surface area contributed by atoms with Gasteiger partial charge >= 0.3 is 0 Å². The zero-order valence-electron chi connectivity index (χ0n) is 13.9. The Morgan fingerprint density at radius 2 is 1.79 bits per heavy atom. The molecular weight excluding hydrogens is 298 g/mol. The highest BCUT2D eigenvalue weighted by Crippen LogP contribution is 2.32. The molecule has 1 heterocycles. The number of hydrogen-bond acceptors (Lipinski definition) is 3. The van der Waals surface area contributed by atoms with Crippen LogP contribution in [0.15, 0.2) is 54.9 Å². The Morgan fingerprint density at radius 1 is 1.00 bits per heavy atom. The highest BCUT2D eigenvalue weighted by Gasteiger charge is 2.21. The van der Waals surface area contributed by atoms with Crippen molar-refractivity contribution in [3.05, 3.63) is 66.0 Å². The summed E-state index contributed by atoms with van der Waals surface area (Å²) in [6.07, 6.45) is 8.15. The summed E-state index contributed by atoms with van der Waals surface area (Å²) in [5.41, 5.74) is 2.08. The van der Waals surface area contributed by atoms with Crippen LogP contribution >= 0.6 is 0 Å². The normalized spacial score (nSPS) is 20.5. The van der Waals surface area contributed by atoms with Crippen molar-refractivity contribution < 1.29 is 4.79 Å². The minimum absolute atomic E-state index is 0.0577. The van der Waals surface area contributed by atoms with Gasteiger partial charge in [-0.3, -0.25) is 9.78 Å². The molecule has 2 N–H and O–H groups in total. The van der Waals surface area contributed by atoms with Gasteiger partial charge in [-0.15, -0.1) is 0 Å². The Labute approximate surface area is 143 Å². The Kier molecular flexibility index (Phi) is 5.96. The number of benzene rings is 1. The second-order valence-electron chi connectivity index (χ2n) is 6.41. The van der Waals surface area contributed by atoms with Gasteiger partial charge in [-0.25, -0.2) is 0 Å². The predicted molar refractivity (Wildman–Crippen MR) is 96.0 cm³/mol. The van der Waals surface area contributed by atoms with Gasteiger partial charge < -0.3 is 10.6 Å². The van der Waals surface area contributed by atoms with Crippen LogP contribution in [0.2, 0.25) is 0 Å². The van der Waals surface area contributed by atoms with Crippen molar-refractivity contribution in [3.8, 4) is 0 Å². The first-order valence-corrected chi connectivity index (χ1v) is 8.79. The van der Waals surface area contributed by atoms with E-state index in [1.54, 1.807) is 24.5 Å². The highest BCUT2D eigenvalue weighted by molar-refractivity contribution is 5.93. The maximum atomic E-state index is 11.9. The van der Waals surface area contributed by atoms with Gasteiger partial charge in [0.05, 0.1) is 5.56 Å².